The zero-order valence-corrected chi connectivity index (χ0v) is 19.0. The second-order valence-electron chi connectivity index (χ2n) is 6.97. The molecule has 3 rings (SSSR count). The van der Waals surface area contributed by atoms with Crippen LogP contribution in [0.4, 0.5) is 5.69 Å². The number of hydrogen-bond donors (Lipinski definition) is 2. The van der Waals surface area contributed by atoms with E-state index in [4.69, 9.17) is 4.74 Å². The van der Waals surface area contributed by atoms with Gasteiger partial charge in [-0.15, -0.1) is 0 Å². The second-order valence-corrected chi connectivity index (χ2v) is 8.88. The van der Waals surface area contributed by atoms with Gasteiger partial charge >= 0.3 is 5.97 Å². The average Bonchev–Trinajstić information content (AvgIpc) is 2.80. The largest absolute Gasteiger partial charge is 0.478 e. The Bertz CT molecular complexity index is 1250. The van der Waals surface area contributed by atoms with Gasteiger partial charge in [-0.3, -0.25) is 4.79 Å². The van der Waals surface area contributed by atoms with Gasteiger partial charge in [-0.2, -0.15) is 4.31 Å². The minimum absolute atomic E-state index is 0.0429. The topological polar surface area (TPSA) is 113 Å². The van der Waals surface area contributed by atoms with Crippen LogP contribution in [0.15, 0.2) is 77.7 Å². The van der Waals surface area contributed by atoms with Crippen molar-refractivity contribution in [3.63, 3.8) is 0 Å². The Morgan fingerprint density at radius 1 is 0.939 bits per heavy atom. The fraction of sp³-hybridized carbons (Fsp3) is 0.167. The van der Waals surface area contributed by atoms with E-state index in [2.05, 4.69) is 5.32 Å². The van der Waals surface area contributed by atoms with Gasteiger partial charge in [-0.25, -0.2) is 13.2 Å². The van der Waals surface area contributed by atoms with Crippen LogP contribution in [0.1, 0.15) is 34.6 Å². The van der Waals surface area contributed by atoms with Crippen LogP contribution in [0.2, 0.25) is 0 Å². The van der Waals surface area contributed by atoms with Crippen molar-refractivity contribution >= 4 is 27.6 Å². The number of para-hydroxylation sites is 2. The third-order valence-corrected chi connectivity index (χ3v) is 6.98. The summed E-state index contributed by atoms with van der Waals surface area (Å²) in [6, 6.07) is 18.8. The van der Waals surface area contributed by atoms with Crippen molar-refractivity contribution in [2.75, 3.05) is 18.4 Å². The third-order valence-electron chi connectivity index (χ3n) is 4.91. The Balaban J connectivity index is 2.04. The smallest absolute Gasteiger partial charge is 0.337 e. The van der Waals surface area contributed by atoms with E-state index in [0.29, 0.717) is 5.75 Å². The molecule has 9 heteroatoms. The molecule has 0 saturated heterocycles. The number of nitrogens with zero attached hydrogens (tertiary/aromatic N) is 1. The van der Waals surface area contributed by atoms with E-state index in [1.165, 1.54) is 34.6 Å². The van der Waals surface area contributed by atoms with Crippen LogP contribution in [0.25, 0.3) is 0 Å². The predicted octanol–water partition coefficient (Wildman–Crippen LogP) is 4.46. The van der Waals surface area contributed by atoms with Gasteiger partial charge in [-0.05, 0) is 42.5 Å². The lowest BCUT2D eigenvalue weighted by atomic mass is 10.1. The van der Waals surface area contributed by atoms with Gasteiger partial charge in [0.25, 0.3) is 5.91 Å². The molecule has 3 aromatic carbocycles. The molecule has 33 heavy (non-hydrogen) atoms. The lowest BCUT2D eigenvalue weighted by Crippen LogP contribution is -2.31. The van der Waals surface area contributed by atoms with E-state index in [0.717, 1.165) is 0 Å². The monoisotopic (exact) mass is 468 g/mol. The molecule has 0 aliphatic carbocycles. The van der Waals surface area contributed by atoms with E-state index in [9.17, 15) is 23.1 Å². The number of nitrogens with one attached hydrogen (secondary N) is 1. The maximum Gasteiger partial charge on any atom is 0.337 e. The molecule has 0 aliphatic heterocycles. The van der Waals surface area contributed by atoms with E-state index in [1.54, 1.807) is 50.2 Å². The molecule has 0 unspecified atom stereocenters. The van der Waals surface area contributed by atoms with Crippen molar-refractivity contribution in [1.29, 1.82) is 0 Å². The van der Waals surface area contributed by atoms with Crippen LogP contribution in [-0.2, 0) is 10.0 Å². The summed E-state index contributed by atoms with van der Waals surface area (Å²) < 4.78 is 33.7. The summed E-state index contributed by atoms with van der Waals surface area (Å²) in [5.74, 6) is -1.31. The highest BCUT2D eigenvalue weighted by Crippen LogP contribution is 2.32. The van der Waals surface area contributed by atoms with Gasteiger partial charge in [0.05, 0.1) is 11.3 Å². The molecular weight excluding hydrogens is 444 g/mol. The van der Waals surface area contributed by atoms with Crippen molar-refractivity contribution in [3.8, 4) is 11.5 Å². The van der Waals surface area contributed by atoms with Gasteiger partial charge in [0.2, 0.25) is 10.0 Å². The molecule has 0 radical (unpaired) electrons. The number of sulfonamides is 1. The molecule has 8 nitrogen and oxygen atoms in total. The van der Waals surface area contributed by atoms with Crippen LogP contribution in [0.3, 0.4) is 0 Å². The molecule has 172 valence electrons. The molecule has 0 fully saturated rings. The first-order valence-corrected chi connectivity index (χ1v) is 11.7. The minimum Gasteiger partial charge on any atom is -0.478 e. The number of amides is 1. The standard InChI is InChI=1S/C24H24N2O6S/c1-3-26(4-2)33(30,31)22-16-17(14-15-21(22)32-18-10-6-5-7-11-18)23(27)25-20-13-9-8-12-19(20)24(28)29/h5-16H,3-4H2,1-2H3,(H,25,27)(H,28,29). The normalized spacial score (nSPS) is 11.2. The second kappa shape index (κ2) is 10.3. The summed E-state index contributed by atoms with van der Waals surface area (Å²) in [4.78, 5) is 24.2. The van der Waals surface area contributed by atoms with Crippen molar-refractivity contribution in [2.24, 2.45) is 0 Å². The summed E-state index contributed by atoms with van der Waals surface area (Å²) in [5.41, 5.74) is 0.0694. The maximum atomic E-state index is 13.3. The van der Waals surface area contributed by atoms with Crippen LogP contribution < -0.4 is 10.1 Å². The zero-order valence-electron chi connectivity index (χ0n) is 18.2. The van der Waals surface area contributed by atoms with Crippen molar-refractivity contribution in [1.82, 2.24) is 4.31 Å². The van der Waals surface area contributed by atoms with E-state index >= 15 is 0 Å². The number of carboxylic acids is 1. The molecule has 0 atom stereocenters. The summed E-state index contributed by atoms with van der Waals surface area (Å²) >= 11 is 0. The molecule has 0 heterocycles. The Morgan fingerprint density at radius 3 is 2.21 bits per heavy atom. The Morgan fingerprint density at radius 2 is 1.58 bits per heavy atom. The molecule has 0 spiro atoms. The summed E-state index contributed by atoms with van der Waals surface area (Å²) in [7, 11) is -3.97. The summed E-state index contributed by atoms with van der Waals surface area (Å²) in [5, 5.41) is 11.9. The SMILES string of the molecule is CCN(CC)S(=O)(=O)c1cc(C(=O)Nc2ccccc2C(=O)O)ccc1Oc1ccccc1. The lowest BCUT2D eigenvalue weighted by molar-refractivity contribution is 0.0698. The van der Waals surface area contributed by atoms with Crippen LogP contribution >= 0.6 is 0 Å². The van der Waals surface area contributed by atoms with Crippen molar-refractivity contribution in [2.45, 2.75) is 18.7 Å². The lowest BCUT2D eigenvalue weighted by Gasteiger charge is -2.21. The number of carboxylic acid groups (broad SMARTS) is 1. The Labute approximate surface area is 192 Å². The fourth-order valence-electron chi connectivity index (χ4n) is 3.23. The number of carbonyl (C=O) groups is 2. The van der Waals surface area contributed by atoms with Crippen LogP contribution in [0, 0.1) is 0 Å². The number of benzene rings is 3. The highest BCUT2D eigenvalue weighted by Gasteiger charge is 2.27. The summed E-state index contributed by atoms with van der Waals surface area (Å²) in [6.45, 7) is 3.92. The predicted molar refractivity (Wildman–Crippen MR) is 124 cm³/mol. The first-order chi connectivity index (χ1) is 15.8. The van der Waals surface area contributed by atoms with Gasteiger partial charge < -0.3 is 15.2 Å². The Kier molecular flexibility index (Phi) is 7.47. The molecule has 3 aromatic rings. The van der Waals surface area contributed by atoms with Crippen molar-refractivity contribution < 1.29 is 27.9 Å². The third kappa shape index (κ3) is 5.39. The molecule has 0 bridgehead atoms. The molecular formula is C24H24N2O6S. The molecule has 2 N–H and O–H groups in total. The number of ether oxygens (including phenoxy) is 1. The first-order valence-electron chi connectivity index (χ1n) is 10.3. The van der Waals surface area contributed by atoms with E-state index in [1.807, 2.05) is 6.07 Å². The number of hydrogen-bond acceptors (Lipinski definition) is 5. The average molecular weight is 469 g/mol. The molecule has 1 amide bonds. The quantitative estimate of drug-likeness (QED) is 0.479. The highest BCUT2D eigenvalue weighted by atomic mass is 32.2. The first kappa shape index (κ1) is 24.0. The minimum atomic E-state index is -3.97. The number of aromatic carboxylic acids is 1. The zero-order chi connectivity index (χ0) is 24.0. The van der Waals surface area contributed by atoms with Gasteiger partial charge in [0, 0.05) is 18.7 Å². The van der Waals surface area contributed by atoms with Gasteiger partial charge in [0.1, 0.15) is 16.4 Å². The van der Waals surface area contributed by atoms with Gasteiger partial charge in [0.15, 0.2) is 0 Å². The van der Waals surface area contributed by atoms with Crippen LogP contribution in [-0.4, -0.2) is 42.8 Å². The number of rotatable bonds is 9. The highest BCUT2D eigenvalue weighted by molar-refractivity contribution is 7.89. The Hall–Kier alpha value is -3.69. The van der Waals surface area contributed by atoms with E-state index in [-0.39, 0.29) is 40.5 Å². The fourth-order valence-corrected chi connectivity index (χ4v) is 4.82. The number of anilines is 1. The van der Waals surface area contributed by atoms with Crippen LogP contribution in [0.5, 0.6) is 11.5 Å². The molecule has 0 saturated carbocycles. The van der Waals surface area contributed by atoms with Gasteiger partial charge in [-0.1, -0.05) is 44.2 Å². The summed E-state index contributed by atoms with van der Waals surface area (Å²) in [6.07, 6.45) is 0. The van der Waals surface area contributed by atoms with Crippen molar-refractivity contribution in [3.05, 3.63) is 83.9 Å². The maximum absolute atomic E-state index is 13.3. The number of carbonyl (C=O) groups excluding carboxylic acids is 1. The molecule has 0 aromatic heterocycles. The van der Waals surface area contributed by atoms with E-state index < -0.39 is 21.9 Å². The molecule has 0 aliphatic rings.